The van der Waals surface area contributed by atoms with E-state index >= 15 is 0 Å². The summed E-state index contributed by atoms with van der Waals surface area (Å²) in [5, 5.41) is 0.580. The molecule has 3 heteroatoms. The maximum absolute atomic E-state index is 13.7. The molecule has 1 fully saturated rings. The molecule has 0 unspecified atom stereocenters. The number of fused-ring (bicyclic) bond motifs is 1. The molecule has 0 N–H and O–H groups in total. The van der Waals surface area contributed by atoms with Crippen LogP contribution in [-0.4, -0.2) is 13.1 Å². The standard InChI is InChI=1S/C12H12FNO/c1-8-5-10-11(13)6-9(7-12(10)15-8)14-3-2-4-14/h5-7H,2-4H2,1H3. The first kappa shape index (κ1) is 8.77. The molecule has 0 atom stereocenters. The molecule has 0 bridgehead atoms. The van der Waals surface area contributed by atoms with Crippen molar-refractivity contribution in [2.75, 3.05) is 18.0 Å². The highest BCUT2D eigenvalue weighted by Gasteiger charge is 2.17. The summed E-state index contributed by atoms with van der Waals surface area (Å²) in [6, 6.07) is 5.26. The second kappa shape index (κ2) is 2.99. The van der Waals surface area contributed by atoms with Crippen molar-refractivity contribution in [2.45, 2.75) is 13.3 Å². The zero-order valence-corrected chi connectivity index (χ0v) is 8.59. The molecule has 1 aliphatic heterocycles. The maximum atomic E-state index is 13.7. The average Bonchev–Trinajstić information content (AvgIpc) is 2.42. The Kier molecular flexibility index (Phi) is 1.75. The number of hydrogen-bond acceptors (Lipinski definition) is 2. The van der Waals surface area contributed by atoms with Gasteiger partial charge in [-0.1, -0.05) is 0 Å². The minimum atomic E-state index is -0.189. The molecule has 2 heterocycles. The van der Waals surface area contributed by atoms with E-state index in [1.807, 2.05) is 13.0 Å². The Hall–Kier alpha value is -1.51. The van der Waals surface area contributed by atoms with Gasteiger partial charge in [0, 0.05) is 24.8 Å². The summed E-state index contributed by atoms with van der Waals surface area (Å²) in [6.45, 7) is 3.87. The predicted molar refractivity (Wildman–Crippen MR) is 57.7 cm³/mol. The highest BCUT2D eigenvalue weighted by molar-refractivity contribution is 5.82. The fourth-order valence-corrected chi connectivity index (χ4v) is 1.97. The van der Waals surface area contributed by atoms with Crippen molar-refractivity contribution in [3.63, 3.8) is 0 Å². The Balaban J connectivity index is 2.17. The summed E-state index contributed by atoms with van der Waals surface area (Å²) in [7, 11) is 0. The molecule has 0 radical (unpaired) electrons. The molecular formula is C12H12FNO. The molecule has 1 aromatic carbocycles. The number of anilines is 1. The highest BCUT2D eigenvalue weighted by atomic mass is 19.1. The molecule has 15 heavy (non-hydrogen) atoms. The topological polar surface area (TPSA) is 16.4 Å². The van der Waals surface area contributed by atoms with Gasteiger partial charge >= 0.3 is 0 Å². The van der Waals surface area contributed by atoms with Crippen LogP contribution in [0.5, 0.6) is 0 Å². The van der Waals surface area contributed by atoms with Crippen molar-refractivity contribution in [2.24, 2.45) is 0 Å². The van der Waals surface area contributed by atoms with Crippen molar-refractivity contribution >= 4 is 16.7 Å². The van der Waals surface area contributed by atoms with Gasteiger partial charge in [-0.25, -0.2) is 4.39 Å². The van der Waals surface area contributed by atoms with E-state index in [2.05, 4.69) is 4.90 Å². The first-order valence-electron chi connectivity index (χ1n) is 5.19. The smallest absolute Gasteiger partial charge is 0.139 e. The van der Waals surface area contributed by atoms with Gasteiger partial charge in [-0.3, -0.25) is 0 Å². The van der Waals surface area contributed by atoms with Crippen molar-refractivity contribution in [3.05, 3.63) is 29.8 Å². The van der Waals surface area contributed by atoms with E-state index in [0.29, 0.717) is 11.0 Å². The van der Waals surface area contributed by atoms with Gasteiger partial charge in [-0.05, 0) is 25.5 Å². The van der Waals surface area contributed by atoms with Crippen LogP contribution in [0.3, 0.4) is 0 Å². The summed E-state index contributed by atoms with van der Waals surface area (Å²) in [6.07, 6.45) is 1.19. The van der Waals surface area contributed by atoms with Crippen LogP contribution in [0.4, 0.5) is 10.1 Å². The van der Waals surface area contributed by atoms with E-state index < -0.39 is 0 Å². The third-order valence-corrected chi connectivity index (χ3v) is 2.92. The average molecular weight is 205 g/mol. The zero-order chi connectivity index (χ0) is 10.4. The van der Waals surface area contributed by atoms with E-state index in [1.54, 1.807) is 12.1 Å². The number of furan rings is 1. The van der Waals surface area contributed by atoms with Crippen LogP contribution < -0.4 is 4.90 Å². The predicted octanol–water partition coefficient (Wildman–Crippen LogP) is 3.09. The monoisotopic (exact) mass is 205 g/mol. The quantitative estimate of drug-likeness (QED) is 0.711. The van der Waals surface area contributed by atoms with E-state index in [1.165, 1.54) is 6.42 Å². The summed E-state index contributed by atoms with van der Waals surface area (Å²) in [5.74, 6) is 0.566. The van der Waals surface area contributed by atoms with Gasteiger partial charge in [0.2, 0.25) is 0 Å². The molecule has 0 aliphatic carbocycles. The molecule has 0 saturated carbocycles. The van der Waals surface area contributed by atoms with E-state index in [-0.39, 0.29) is 5.82 Å². The first-order chi connectivity index (χ1) is 7.24. The molecule has 1 aromatic heterocycles. The van der Waals surface area contributed by atoms with Crippen LogP contribution in [0.25, 0.3) is 11.0 Å². The SMILES string of the molecule is Cc1cc2c(F)cc(N3CCC3)cc2o1. The summed E-state index contributed by atoms with van der Waals surface area (Å²) in [5.41, 5.74) is 1.58. The van der Waals surface area contributed by atoms with E-state index in [9.17, 15) is 4.39 Å². The Bertz CT molecular complexity index is 514. The summed E-state index contributed by atoms with van der Waals surface area (Å²) in [4.78, 5) is 2.15. The van der Waals surface area contributed by atoms with Crippen LogP contribution in [0.1, 0.15) is 12.2 Å². The lowest BCUT2D eigenvalue weighted by Gasteiger charge is -2.33. The van der Waals surface area contributed by atoms with E-state index in [0.717, 1.165) is 24.5 Å². The van der Waals surface area contributed by atoms with Crippen molar-refractivity contribution in [3.8, 4) is 0 Å². The number of nitrogens with zero attached hydrogens (tertiary/aromatic N) is 1. The fraction of sp³-hybridized carbons (Fsp3) is 0.333. The van der Waals surface area contributed by atoms with Crippen LogP contribution in [-0.2, 0) is 0 Å². The van der Waals surface area contributed by atoms with Crippen LogP contribution in [0.15, 0.2) is 22.6 Å². The lowest BCUT2D eigenvalue weighted by atomic mass is 10.1. The van der Waals surface area contributed by atoms with Crippen LogP contribution in [0.2, 0.25) is 0 Å². The Morgan fingerprint density at radius 2 is 2.07 bits per heavy atom. The summed E-state index contributed by atoms with van der Waals surface area (Å²) >= 11 is 0. The normalized spacial score (nSPS) is 15.7. The Morgan fingerprint density at radius 1 is 1.27 bits per heavy atom. The van der Waals surface area contributed by atoms with Gasteiger partial charge in [0.15, 0.2) is 0 Å². The number of aryl methyl sites for hydroxylation is 1. The maximum Gasteiger partial charge on any atom is 0.139 e. The number of halogens is 1. The van der Waals surface area contributed by atoms with Gasteiger partial charge in [-0.2, -0.15) is 0 Å². The van der Waals surface area contributed by atoms with Gasteiger partial charge in [0.25, 0.3) is 0 Å². The van der Waals surface area contributed by atoms with Crippen molar-refractivity contribution in [1.82, 2.24) is 0 Å². The zero-order valence-electron chi connectivity index (χ0n) is 8.59. The van der Waals surface area contributed by atoms with Crippen molar-refractivity contribution in [1.29, 1.82) is 0 Å². The Morgan fingerprint density at radius 3 is 2.73 bits per heavy atom. The van der Waals surface area contributed by atoms with Gasteiger partial charge in [0.1, 0.15) is 17.2 Å². The number of benzene rings is 1. The molecule has 0 spiro atoms. The van der Waals surface area contributed by atoms with Crippen LogP contribution >= 0.6 is 0 Å². The van der Waals surface area contributed by atoms with Crippen molar-refractivity contribution < 1.29 is 8.81 Å². The number of rotatable bonds is 1. The van der Waals surface area contributed by atoms with Crippen LogP contribution in [0, 0.1) is 12.7 Å². The third-order valence-electron chi connectivity index (χ3n) is 2.92. The molecule has 2 nitrogen and oxygen atoms in total. The Labute approximate surface area is 87.3 Å². The minimum absolute atomic E-state index is 0.189. The largest absolute Gasteiger partial charge is 0.461 e. The molecule has 1 saturated heterocycles. The van der Waals surface area contributed by atoms with Gasteiger partial charge in [-0.15, -0.1) is 0 Å². The second-order valence-electron chi connectivity index (χ2n) is 4.04. The lowest BCUT2D eigenvalue weighted by molar-refractivity contribution is 0.574. The summed E-state index contributed by atoms with van der Waals surface area (Å²) < 4.78 is 19.1. The molecule has 78 valence electrons. The molecular weight excluding hydrogens is 193 g/mol. The molecule has 3 rings (SSSR count). The number of hydrogen-bond donors (Lipinski definition) is 0. The minimum Gasteiger partial charge on any atom is -0.461 e. The fourth-order valence-electron chi connectivity index (χ4n) is 1.97. The van der Waals surface area contributed by atoms with Gasteiger partial charge < -0.3 is 9.32 Å². The van der Waals surface area contributed by atoms with Gasteiger partial charge in [0.05, 0.1) is 5.39 Å². The highest BCUT2D eigenvalue weighted by Crippen LogP contribution is 2.29. The molecule has 0 amide bonds. The third kappa shape index (κ3) is 1.30. The second-order valence-corrected chi connectivity index (χ2v) is 4.04. The molecule has 1 aliphatic rings. The molecule has 2 aromatic rings. The lowest BCUT2D eigenvalue weighted by Crippen LogP contribution is -2.36. The first-order valence-corrected chi connectivity index (χ1v) is 5.19. The van der Waals surface area contributed by atoms with E-state index in [4.69, 9.17) is 4.42 Å².